The van der Waals surface area contributed by atoms with Crippen LogP contribution >= 0.6 is 0 Å². The first-order valence-corrected chi connectivity index (χ1v) is 4.78. The van der Waals surface area contributed by atoms with Gasteiger partial charge in [-0.25, -0.2) is 9.48 Å². The first kappa shape index (κ1) is 11.0. The summed E-state index contributed by atoms with van der Waals surface area (Å²) in [5, 5.41) is 21.9. The summed E-state index contributed by atoms with van der Waals surface area (Å²) >= 11 is 0. The van der Waals surface area contributed by atoms with Gasteiger partial charge in [0.05, 0.1) is 19.0 Å². The van der Waals surface area contributed by atoms with Crippen molar-refractivity contribution in [2.75, 3.05) is 7.11 Å². The molecule has 0 saturated carbocycles. The lowest BCUT2D eigenvalue weighted by Gasteiger charge is -2.02. The molecule has 0 unspecified atom stereocenters. The first-order valence-electron chi connectivity index (χ1n) is 4.78. The highest BCUT2D eigenvalue weighted by molar-refractivity contribution is 5.88. The number of carboxylic acid groups (broad SMARTS) is 1. The number of ether oxygens (including phenoxy) is 1. The van der Waals surface area contributed by atoms with Crippen LogP contribution in [0.2, 0.25) is 0 Å². The summed E-state index contributed by atoms with van der Waals surface area (Å²) in [6.07, 6.45) is 1.24. The smallest absolute Gasteiger partial charge is 0.360 e. The number of aromatic hydroxyl groups is 1. The van der Waals surface area contributed by atoms with Crippen LogP contribution in [0.15, 0.2) is 30.5 Å². The second-order valence-corrected chi connectivity index (χ2v) is 3.31. The molecule has 6 heteroatoms. The van der Waals surface area contributed by atoms with Gasteiger partial charge in [0.2, 0.25) is 5.69 Å². The number of rotatable bonds is 3. The fourth-order valence-electron chi connectivity index (χ4n) is 1.38. The number of carbonyl (C=O) groups is 1. The molecular weight excluding hydrogens is 224 g/mol. The van der Waals surface area contributed by atoms with Gasteiger partial charge in [-0.3, -0.25) is 0 Å². The van der Waals surface area contributed by atoms with E-state index in [4.69, 9.17) is 9.84 Å². The first-order chi connectivity index (χ1) is 8.11. The number of hydrogen-bond acceptors (Lipinski definition) is 4. The van der Waals surface area contributed by atoms with E-state index >= 15 is 0 Å². The van der Waals surface area contributed by atoms with Crippen LogP contribution in [0.4, 0.5) is 0 Å². The maximum absolute atomic E-state index is 10.7. The Morgan fingerprint density at radius 2 is 2.00 bits per heavy atom. The summed E-state index contributed by atoms with van der Waals surface area (Å²) in [6, 6.07) is 6.84. The van der Waals surface area contributed by atoms with E-state index in [0.29, 0.717) is 11.4 Å². The second kappa shape index (κ2) is 4.17. The molecule has 0 amide bonds. The third-order valence-corrected chi connectivity index (χ3v) is 2.23. The van der Waals surface area contributed by atoms with E-state index in [1.807, 2.05) is 0 Å². The zero-order valence-corrected chi connectivity index (χ0v) is 8.99. The summed E-state index contributed by atoms with van der Waals surface area (Å²) in [5.74, 6) is -0.952. The number of nitrogens with zero attached hydrogens (tertiary/aromatic N) is 2. The van der Waals surface area contributed by atoms with E-state index in [2.05, 4.69) is 5.10 Å². The Balaban J connectivity index is 2.39. The normalized spacial score (nSPS) is 10.2. The van der Waals surface area contributed by atoms with Crippen molar-refractivity contribution >= 4 is 5.97 Å². The number of hydrogen-bond donors (Lipinski definition) is 2. The summed E-state index contributed by atoms with van der Waals surface area (Å²) in [6.45, 7) is 0. The molecule has 0 fully saturated rings. The van der Waals surface area contributed by atoms with E-state index in [1.54, 1.807) is 31.4 Å². The van der Waals surface area contributed by atoms with Gasteiger partial charge in [-0.05, 0) is 24.3 Å². The van der Waals surface area contributed by atoms with E-state index in [9.17, 15) is 9.90 Å². The predicted molar refractivity (Wildman–Crippen MR) is 58.7 cm³/mol. The molecule has 0 atom stereocenters. The highest BCUT2D eigenvalue weighted by Crippen LogP contribution is 2.19. The molecule has 0 aliphatic carbocycles. The standard InChI is InChI=1S/C11H10N2O4/c1-17-8-4-2-7(3-5-8)13-6-9(14)10(12-13)11(15)16/h2-6,14H,1H3,(H,15,16). The molecule has 1 aromatic heterocycles. The predicted octanol–water partition coefficient (Wildman–Crippen LogP) is 1.28. The van der Waals surface area contributed by atoms with Crippen molar-refractivity contribution < 1.29 is 19.7 Å². The van der Waals surface area contributed by atoms with Crippen molar-refractivity contribution in [1.29, 1.82) is 0 Å². The molecular formula is C11H10N2O4. The monoisotopic (exact) mass is 234 g/mol. The van der Waals surface area contributed by atoms with Crippen molar-refractivity contribution in [2.45, 2.75) is 0 Å². The van der Waals surface area contributed by atoms with Crippen LogP contribution in [0.25, 0.3) is 5.69 Å². The van der Waals surface area contributed by atoms with Crippen LogP contribution in [-0.2, 0) is 0 Å². The Morgan fingerprint density at radius 1 is 1.35 bits per heavy atom. The topological polar surface area (TPSA) is 84.6 Å². The Hall–Kier alpha value is -2.50. The lowest BCUT2D eigenvalue weighted by molar-refractivity contribution is 0.0687. The van der Waals surface area contributed by atoms with Gasteiger partial charge in [-0.2, -0.15) is 5.10 Å². The minimum absolute atomic E-state index is 0.367. The van der Waals surface area contributed by atoms with E-state index in [1.165, 1.54) is 10.9 Å². The number of carboxylic acids is 1. The van der Waals surface area contributed by atoms with Gasteiger partial charge in [0.25, 0.3) is 0 Å². The zero-order chi connectivity index (χ0) is 12.4. The fourth-order valence-corrected chi connectivity index (χ4v) is 1.38. The number of aromatic nitrogens is 2. The highest BCUT2D eigenvalue weighted by atomic mass is 16.5. The van der Waals surface area contributed by atoms with Gasteiger partial charge in [0, 0.05) is 0 Å². The lowest BCUT2D eigenvalue weighted by Crippen LogP contribution is -2.01. The third-order valence-electron chi connectivity index (χ3n) is 2.23. The minimum Gasteiger partial charge on any atom is -0.504 e. The summed E-state index contributed by atoms with van der Waals surface area (Å²) in [5.41, 5.74) is 0.259. The number of aromatic carboxylic acids is 1. The molecule has 0 aliphatic heterocycles. The number of methoxy groups -OCH3 is 1. The van der Waals surface area contributed by atoms with Crippen molar-refractivity contribution in [3.8, 4) is 17.2 Å². The maximum atomic E-state index is 10.7. The molecule has 0 spiro atoms. The van der Waals surface area contributed by atoms with Crippen molar-refractivity contribution in [3.63, 3.8) is 0 Å². The molecule has 1 aromatic carbocycles. The summed E-state index contributed by atoms with van der Waals surface area (Å²) in [7, 11) is 1.55. The molecule has 2 aromatic rings. The average Bonchev–Trinajstić information content (AvgIpc) is 2.71. The minimum atomic E-state index is -1.27. The van der Waals surface area contributed by atoms with Gasteiger partial charge in [-0.1, -0.05) is 0 Å². The number of benzene rings is 1. The van der Waals surface area contributed by atoms with Gasteiger partial charge in [0.1, 0.15) is 5.75 Å². The van der Waals surface area contributed by atoms with Crippen molar-refractivity contribution in [2.24, 2.45) is 0 Å². The molecule has 6 nitrogen and oxygen atoms in total. The molecule has 0 radical (unpaired) electrons. The fraction of sp³-hybridized carbons (Fsp3) is 0.0909. The summed E-state index contributed by atoms with van der Waals surface area (Å²) in [4.78, 5) is 10.7. The van der Waals surface area contributed by atoms with E-state index < -0.39 is 5.97 Å². The van der Waals surface area contributed by atoms with Crippen LogP contribution in [-0.4, -0.2) is 33.1 Å². The Bertz CT molecular complexity index is 545. The summed E-state index contributed by atoms with van der Waals surface area (Å²) < 4.78 is 6.29. The molecule has 88 valence electrons. The third kappa shape index (κ3) is 2.05. The molecule has 17 heavy (non-hydrogen) atoms. The zero-order valence-electron chi connectivity index (χ0n) is 8.99. The molecule has 0 aliphatic rings. The van der Waals surface area contributed by atoms with Crippen LogP contribution in [0.3, 0.4) is 0 Å². The van der Waals surface area contributed by atoms with Crippen LogP contribution in [0, 0.1) is 0 Å². The highest BCUT2D eigenvalue weighted by Gasteiger charge is 2.15. The molecule has 2 N–H and O–H groups in total. The lowest BCUT2D eigenvalue weighted by atomic mass is 10.3. The molecule has 0 saturated heterocycles. The maximum Gasteiger partial charge on any atom is 0.360 e. The van der Waals surface area contributed by atoms with Crippen LogP contribution < -0.4 is 4.74 Å². The van der Waals surface area contributed by atoms with Crippen LogP contribution in [0.5, 0.6) is 11.5 Å². The second-order valence-electron chi connectivity index (χ2n) is 3.31. The van der Waals surface area contributed by atoms with E-state index in [-0.39, 0.29) is 11.4 Å². The van der Waals surface area contributed by atoms with Gasteiger partial charge < -0.3 is 14.9 Å². The molecule has 1 heterocycles. The molecule has 2 rings (SSSR count). The Kier molecular flexibility index (Phi) is 2.70. The van der Waals surface area contributed by atoms with Gasteiger partial charge >= 0.3 is 5.97 Å². The Labute approximate surface area is 96.7 Å². The average molecular weight is 234 g/mol. The molecule has 0 bridgehead atoms. The van der Waals surface area contributed by atoms with Gasteiger partial charge in [0.15, 0.2) is 5.75 Å². The van der Waals surface area contributed by atoms with Crippen molar-refractivity contribution in [3.05, 3.63) is 36.2 Å². The van der Waals surface area contributed by atoms with Gasteiger partial charge in [-0.15, -0.1) is 0 Å². The quantitative estimate of drug-likeness (QED) is 0.835. The van der Waals surface area contributed by atoms with E-state index in [0.717, 1.165) is 0 Å². The Morgan fingerprint density at radius 3 is 2.47 bits per heavy atom. The van der Waals surface area contributed by atoms with Crippen LogP contribution in [0.1, 0.15) is 10.5 Å². The SMILES string of the molecule is COc1ccc(-n2cc(O)c(C(=O)O)n2)cc1. The largest absolute Gasteiger partial charge is 0.504 e. The van der Waals surface area contributed by atoms with Crippen molar-refractivity contribution in [1.82, 2.24) is 9.78 Å².